The Hall–Kier alpha value is -3.02. The van der Waals surface area contributed by atoms with Gasteiger partial charge in [-0.3, -0.25) is 0 Å². The van der Waals surface area contributed by atoms with Crippen molar-refractivity contribution in [1.82, 2.24) is 14.9 Å². The molecule has 0 radical (unpaired) electrons. The number of ether oxygens (including phenoxy) is 1. The van der Waals surface area contributed by atoms with Gasteiger partial charge in [-0.15, -0.1) is 0 Å². The van der Waals surface area contributed by atoms with Crippen molar-refractivity contribution in [2.75, 3.05) is 25.0 Å². The van der Waals surface area contributed by atoms with Crippen LogP contribution in [0.4, 0.5) is 10.5 Å². The molecule has 0 aliphatic carbocycles. The number of aromatic nitrogens is 2. The number of amides is 2. The first-order valence-corrected chi connectivity index (χ1v) is 9.47. The van der Waals surface area contributed by atoms with E-state index in [-0.39, 0.29) is 11.9 Å². The van der Waals surface area contributed by atoms with Crippen molar-refractivity contribution in [3.8, 4) is 5.75 Å². The van der Waals surface area contributed by atoms with Gasteiger partial charge >= 0.3 is 6.03 Å². The molecule has 6 nitrogen and oxygen atoms in total. The summed E-state index contributed by atoms with van der Waals surface area (Å²) in [6.07, 6.45) is 1.99. The number of para-hydroxylation sites is 4. The zero-order valence-electron chi connectivity index (χ0n) is 15.4. The quantitative estimate of drug-likeness (QED) is 0.722. The van der Waals surface area contributed by atoms with Crippen molar-refractivity contribution in [1.29, 1.82) is 0 Å². The Labute approximate surface area is 158 Å². The molecule has 1 atom stereocenters. The van der Waals surface area contributed by atoms with Crippen molar-refractivity contribution in [2.45, 2.75) is 25.7 Å². The minimum Gasteiger partial charge on any atom is -0.492 e. The predicted octanol–water partition coefficient (Wildman–Crippen LogP) is 4.37. The van der Waals surface area contributed by atoms with Gasteiger partial charge in [0.1, 0.15) is 11.6 Å². The summed E-state index contributed by atoms with van der Waals surface area (Å²) in [5.74, 6) is 1.88. The van der Waals surface area contributed by atoms with Gasteiger partial charge in [-0.05, 0) is 44.0 Å². The van der Waals surface area contributed by atoms with Gasteiger partial charge in [-0.1, -0.05) is 24.3 Å². The zero-order chi connectivity index (χ0) is 18.6. The highest BCUT2D eigenvalue weighted by Crippen LogP contribution is 2.28. The van der Waals surface area contributed by atoms with E-state index in [0.717, 1.165) is 36.2 Å². The molecule has 1 saturated heterocycles. The topological polar surface area (TPSA) is 70.2 Å². The van der Waals surface area contributed by atoms with Gasteiger partial charge < -0.3 is 19.9 Å². The minimum atomic E-state index is -0.0945. The Morgan fingerprint density at radius 2 is 2.07 bits per heavy atom. The van der Waals surface area contributed by atoms with E-state index >= 15 is 0 Å². The number of likely N-dealkylation sites (tertiary alicyclic amines) is 1. The largest absolute Gasteiger partial charge is 0.492 e. The molecular formula is C21H24N4O2. The number of carbonyl (C=O) groups excluding carboxylic acids is 1. The SMILES string of the molecule is CCOc1ccccc1NC(=O)N1CCC[C@H](c2nc3ccccc3[nH]2)C1. The number of imidazole rings is 1. The third kappa shape index (κ3) is 3.74. The fourth-order valence-electron chi connectivity index (χ4n) is 3.60. The third-order valence-electron chi connectivity index (χ3n) is 4.93. The standard InChI is InChI=1S/C21H24N4O2/c1-2-27-19-12-6-5-11-18(19)24-21(26)25-13-7-8-15(14-25)20-22-16-9-3-4-10-17(16)23-20/h3-6,9-12,15H,2,7-8,13-14H2,1H3,(H,22,23)(H,24,26)/t15-/m0/s1. The lowest BCUT2D eigenvalue weighted by atomic mass is 9.97. The molecular weight excluding hydrogens is 340 g/mol. The van der Waals surface area contributed by atoms with Gasteiger partial charge in [0, 0.05) is 19.0 Å². The van der Waals surface area contributed by atoms with E-state index < -0.39 is 0 Å². The molecule has 27 heavy (non-hydrogen) atoms. The van der Waals surface area contributed by atoms with Crippen molar-refractivity contribution in [3.63, 3.8) is 0 Å². The maximum absolute atomic E-state index is 12.8. The normalized spacial score (nSPS) is 17.1. The summed E-state index contributed by atoms with van der Waals surface area (Å²) in [6, 6.07) is 15.5. The molecule has 1 fully saturated rings. The van der Waals surface area contributed by atoms with Crippen LogP contribution >= 0.6 is 0 Å². The van der Waals surface area contributed by atoms with Gasteiger partial charge in [-0.2, -0.15) is 0 Å². The van der Waals surface area contributed by atoms with E-state index in [2.05, 4.69) is 10.3 Å². The molecule has 0 saturated carbocycles. The zero-order valence-corrected chi connectivity index (χ0v) is 15.4. The highest BCUT2D eigenvalue weighted by Gasteiger charge is 2.27. The molecule has 0 spiro atoms. The molecule has 140 valence electrons. The van der Waals surface area contributed by atoms with E-state index in [9.17, 15) is 4.79 Å². The van der Waals surface area contributed by atoms with E-state index in [0.29, 0.717) is 24.6 Å². The van der Waals surface area contributed by atoms with Crippen LogP contribution in [0.2, 0.25) is 0 Å². The molecule has 1 aliphatic rings. The smallest absolute Gasteiger partial charge is 0.321 e. The van der Waals surface area contributed by atoms with Gasteiger partial charge in [-0.25, -0.2) is 9.78 Å². The fourth-order valence-corrected chi connectivity index (χ4v) is 3.60. The lowest BCUT2D eigenvalue weighted by molar-refractivity contribution is 0.191. The van der Waals surface area contributed by atoms with Crippen LogP contribution in [-0.2, 0) is 0 Å². The van der Waals surface area contributed by atoms with E-state index in [1.807, 2.05) is 60.4 Å². The van der Waals surface area contributed by atoms with Crippen LogP contribution in [0.25, 0.3) is 11.0 Å². The highest BCUT2D eigenvalue weighted by molar-refractivity contribution is 5.91. The Morgan fingerprint density at radius 1 is 1.26 bits per heavy atom. The molecule has 1 aliphatic heterocycles. The first-order valence-electron chi connectivity index (χ1n) is 9.47. The van der Waals surface area contributed by atoms with E-state index in [1.165, 1.54) is 0 Å². The van der Waals surface area contributed by atoms with Crippen LogP contribution in [0, 0.1) is 0 Å². The third-order valence-corrected chi connectivity index (χ3v) is 4.93. The molecule has 2 aromatic carbocycles. The number of rotatable bonds is 4. The van der Waals surface area contributed by atoms with E-state index in [4.69, 9.17) is 9.72 Å². The molecule has 2 N–H and O–H groups in total. The van der Waals surface area contributed by atoms with Gasteiger partial charge in [0.05, 0.1) is 23.3 Å². The molecule has 0 bridgehead atoms. The summed E-state index contributed by atoms with van der Waals surface area (Å²) in [7, 11) is 0. The summed E-state index contributed by atoms with van der Waals surface area (Å²) >= 11 is 0. The number of fused-ring (bicyclic) bond motifs is 1. The summed E-state index contributed by atoms with van der Waals surface area (Å²) < 4.78 is 5.60. The average molecular weight is 364 g/mol. The number of aromatic amines is 1. The molecule has 2 heterocycles. The van der Waals surface area contributed by atoms with Crippen molar-refractivity contribution in [3.05, 3.63) is 54.4 Å². The van der Waals surface area contributed by atoms with Gasteiger partial charge in [0.15, 0.2) is 0 Å². The number of piperidine rings is 1. The number of hydrogen-bond acceptors (Lipinski definition) is 3. The number of carbonyl (C=O) groups is 1. The molecule has 0 unspecified atom stereocenters. The van der Waals surface area contributed by atoms with Gasteiger partial charge in [0.25, 0.3) is 0 Å². The van der Waals surface area contributed by atoms with Crippen molar-refractivity contribution >= 4 is 22.8 Å². The van der Waals surface area contributed by atoms with Crippen LogP contribution < -0.4 is 10.1 Å². The van der Waals surface area contributed by atoms with Crippen LogP contribution in [0.1, 0.15) is 31.5 Å². The second-order valence-electron chi connectivity index (χ2n) is 6.78. The number of nitrogens with zero attached hydrogens (tertiary/aromatic N) is 2. The van der Waals surface area contributed by atoms with Crippen LogP contribution in [-0.4, -0.2) is 40.6 Å². The first kappa shape index (κ1) is 17.4. The molecule has 2 amide bonds. The van der Waals surface area contributed by atoms with Gasteiger partial charge in [0.2, 0.25) is 0 Å². The summed E-state index contributed by atoms with van der Waals surface area (Å²) in [6.45, 7) is 3.90. The second-order valence-corrected chi connectivity index (χ2v) is 6.78. The summed E-state index contributed by atoms with van der Waals surface area (Å²) in [4.78, 5) is 22.8. The first-order chi connectivity index (χ1) is 13.2. The summed E-state index contributed by atoms with van der Waals surface area (Å²) in [5.41, 5.74) is 2.72. The maximum atomic E-state index is 12.8. The number of benzene rings is 2. The lowest BCUT2D eigenvalue weighted by Gasteiger charge is -2.32. The lowest BCUT2D eigenvalue weighted by Crippen LogP contribution is -2.41. The minimum absolute atomic E-state index is 0.0945. The summed E-state index contributed by atoms with van der Waals surface area (Å²) in [5, 5.41) is 3.00. The van der Waals surface area contributed by atoms with E-state index in [1.54, 1.807) is 0 Å². The van der Waals surface area contributed by atoms with Crippen molar-refractivity contribution < 1.29 is 9.53 Å². The predicted molar refractivity (Wildman–Crippen MR) is 106 cm³/mol. The number of hydrogen-bond donors (Lipinski definition) is 2. The number of anilines is 1. The molecule has 3 aromatic rings. The van der Waals surface area contributed by atoms with Crippen LogP contribution in [0.15, 0.2) is 48.5 Å². The number of H-pyrrole nitrogens is 1. The Balaban J connectivity index is 1.47. The second kappa shape index (κ2) is 7.70. The Bertz CT molecular complexity index is 904. The Kier molecular flexibility index (Phi) is 4.96. The highest BCUT2D eigenvalue weighted by atomic mass is 16.5. The molecule has 4 rings (SSSR count). The maximum Gasteiger partial charge on any atom is 0.321 e. The fraction of sp³-hybridized carbons (Fsp3) is 0.333. The van der Waals surface area contributed by atoms with Crippen LogP contribution in [0.3, 0.4) is 0 Å². The number of urea groups is 1. The monoisotopic (exact) mass is 364 g/mol. The molecule has 1 aromatic heterocycles. The van der Waals surface area contributed by atoms with Crippen LogP contribution in [0.5, 0.6) is 5.75 Å². The van der Waals surface area contributed by atoms with Crippen molar-refractivity contribution in [2.24, 2.45) is 0 Å². The molecule has 6 heteroatoms. The Morgan fingerprint density at radius 3 is 2.93 bits per heavy atom. The number of nitrogens with one attached hydrogen (secondary N) is 2. The average Bonchev–Trinajstić information content (AvgIpc) is 3.14.